The first-order valence-electron chi connectivity index (χ1n) is 10.0. The number of hydrogen-bond donors (Lipinski definition) is 2. The van der Waals surface area contributed by atoms with Crippen molar-refractivity contribution < 1.29 is 14.3 Å². The zero-order chi connectivity index (χ0) is 20.9. The first-order chi connectivity index (χ1) is 14.6. The van der Waals surface area contributed by atoms with Crippen LogP contribution in [0.15, 0.2) is 60.8 Å². The molecular formula is C23H24N4O3. The molecule has 2 amide bonds. The molecule has 7 nitrogen and oxygen atoms in total. The lowest BCUT2D eigenvalue weighted by Crippen LogP contribution is -2.32. The van der Waals surface area contributed by atoms with E-state index in [1.165, 1.54) is 6.20 Å². The molecule has 0 bridgehead atoms. The highest BCUT2D eigenvalue weighted by Gasteiger charge is 2.20. The van der Waals surface area contributed by atoms with E-state index < -0.39 is 0 Å². The van der Waals surface area contributed by atoms with Gasteiger partial charge >= 0.3 is 0 Å². The van der Waals surface area contributed by atoms with E-state index in [1.807, 2.05) is 37.3 Å². The molecule has 2 aromatic carbocycles. The van der Waals surface area contributed by atoms with E-state index in [4.69, 9.17) is 4.74 Å². The van der Waals surface area contributed by atoms with E-state index in [9.17, 15) is 9.59 Å². The number of nitrogens with zero attached hydrogens (tertiary/aromatic N) is 2. The van der Waals surface area contributed by atoms with Crippen LogP contribution in [-0.2, 0) is 4.74 Å². The van der Waals surface area contributed by atoms with Crippen LogP contribution >= 0.6 is 0 Å². The molecule has 1 saturated heterocycles. The molecule has 0 radical (unpaired) electrons. The summed E-state index contributed by atoms with van der Waals surface area (Å²) in [6.45, 7) is 3.04. The van der Waals surface area contributed by atoms with Gasteiger partial charge in [-0.15, -0.1) is 0 Å². The molecule has 1 aromatic heterocycles. The van der Waals surface area contributed by atoms with Crippen LogP contribution < -0.4 is 10.6 Å². The van der Waals surface area contributed by atoms with E-state index in [1.54, 1.807) is 28.9 Å². The maximum Gasteiger partial charge on any atom is 0.259 e. The quantitative estimate of drug-likeness (QED) is 0.660. The van der Waals surface area contributed by atoms with Gasteiger partial charge in [-0.1, -0.05) is 30.3 Å². The fourth-order valence-corrected chi connectivity index (χ4v) is 3.55. The van der Waals surface area contributed by atoms with Crippen LogP contribution in [0.25, 0.3) is 5.69 Å². The van der Waals surface area contributed by atoms with Crippen LogP contribution in [0.3, 0.4) is 0 Å². The highest BCUT2D eigenvalue weighted by Crippen LogP contribution is 2.19. The second kappa shape index (κ2) is 8.92. The Hall–Kier alpha value is -3.45. The Bertz CT molecular complexity index is 1040. The topological polar surface area (TPSA) is 85.2 Å². The number of aromatic nitrogens is 2. The van der Waals surface area contributed by atoms with Gasteiger partial charge in [-0.3, -0.25) is 9.59 Å². The molecule has 1 aliphatic heterocycles. The summed E-state index contributed by atoms with van der Waals surface area (Å²) < 4.78 is 7.27. The lowest BCUT2D eigenvalue weighted by atomic mass is 10.1. The molecule has 1 atom stereocenters. The van der Waals surface area contributed by atoms with Gasteiger partial charge in [0.25, 0.3) is 11.8 Å². The average molecular weight is 404 g/mol. The van der Waals surface area contributed by atoms with Crippen molar-refractivity contribution in [3.8, 4) is 5.69 Å². The fourth-order valence-electron chi connectivity index (χ4n) is 3.55. The third kappa shape index (κ3) is 4.26. The van der Waals surface area contributed by atoms with Crippen LogP contribution in [-0.4, -0.2) is 40.9 Å². The van der Waals surface area contributed by atoms with Gasteiger partial charge in [-0.05, 0) is 44.0 Å². The monoisotopic (exact) mass is 404 g/mol. The maximum absolute atomic E-state index is 12.9. The van der Waals surface area contributed by atoms with Crippen molar-refractivity contribution in [2.75, 3.05) is 18.5 Å². The van der Waals surface area contributed by atoms with Crippen LogP contribution in [0.2, 0.25) is 0 Å². The third-order valence-electron chi connectivity index (χ3n) is 5.19. The minimum atomic E-state index is -0.311. The Morgan fingerprint density at radius 3 is 2.60 bits per heavy atom. The number of para-hydroxylation sites is 2. The van der Waals surface area contributed by atoms with E-state index in [2.05, 4.69) is 15.7 Å². The van der Waals surface area contributed by atoms with Crippen molar-refractivity contribution in [2.45, 2.75) is 25.9 Å². The highest BCUT2D eigenvalue weighted by atomic mass is 16.5. The minimum absolute atomic E-state index is 0.0576. The summed E-state index contributed by atoms with van der Waals surface area (Å²) in [4.78, 5) is 25.6. The Morgan fingerprint density at radius 1 is 1.07 bits per heavy atom. The number of nitrogens with one attached hydrogen (secondary N) is 2. The predicted octanol–water partition coefficient (Wildman–Crippen LogP) is 3.34. The number of benzene rings is 2. The smallest absolute Gasteiger partial charge is 0.259 e. The van der Waals surface area contributed by atoms with Gasteiger partial charge in [0.15, 0.2) is 0 Å². The number of anilines is 1. The van der Waals surface area contributed by atoms with Crippen molar-refractivity contribution in [2.24, 2.45) is 0 Å². The second-order valence-electron chi connectivity index (χ2n) is 7.24. The van der Waals surface area contributed by atoms with Crippen molar-refractivity contribution in [1.82, 2.24) is 15.1 Å². The van der Waals surface area contributed by atoms with Gasteiger partial charge < -0.3 is 15.4 Å². The fraction of sp³-hybridized carbons (Fsp3) is 0.261. The molecule has 2 N–H and O–H groups in total. The molecule has 2 heterocycles. The van der Waals surface area contributed by atoms with Crippen molar-refractivity contribution in [3.63, 3.8) is 0 Å². The Kier molecular flexibility index (Phi) is 5.90. The summed E-state index contributed by atoms with van der Waals surface area (Å²) in [5.41, 5.74) is 2.92. The highest BCUT2D eigenvalue weighted by molar-refractivity contribution is 6.09. The van der Waals surface area contributed by atoms with Gasteiger partial charge in [0.1, 0.15) is 0 Å². The van der Waals surface area contributed by atoms with Gasteiger partial charge in [0, 0.05) is 13.2 Å². The van der Waals surface area contributed by atoms with Crippen molar-refractivity contribution in [1.29, 1.82) is 0 Å². The molecule has 0 aliphatic carbocycles. The molecule has 1 aliphatic rings. The van der Waals surface area contributed by atoms with E-state index in [0.717, 1.165) is 30.8 Å². The number of amides is 2. The molecule has 154 valence electrons. The molecule has 0 spiro atoms. The van der Waals surface area contributed by atoms with Gasteiger partial charge in [-0.2, -0.15) is 5.10 Å². The molecule has 7 heteroatoms. The number of carbonyl (C=O) groups excluding carboxylic acids is 2. The number of ether oxygens (including phenoxy) is 1. The zero-order valence-electron chi connectivity index (χ0n) is 16.8. The lowest BCUT2D eigenvalue weighted by molar-refractivity contribution is 0.0858. The third-order valence-corrected chi connectivity index (χ3v) is 5.19. The largest absolute Gasteiger partial charge is 0.376 e. The van der Waals surface area contributed by atoms with Crippen LogP contribution in [0.4, 0.5) is 5.69 Å². The SMILES string of the molecule is Cc1c(C(=O)Nc2ccccc2C(=O)NC[C@H]2CCCO2)cnn1-c1ccccc1. The van der Waals surface area contributed by atoms with E-state index in [-0.39, 0.29) is 17.9 Å². The van der Waals surface area contributed by atoms with E-state index in [0.29, 0.717) is 23.4 Å². The van der Waals surface area contributed by atoms with Crippen molar-refractivity contribution >= 4 is 17.5 Å². The van der Waals surface area contributed by atoms with Crippen LogP contribution in [0.5, 0.6) is 0 Å². The maximum atomic E-state index is 12.9. The molecule has 30 heavy (non-hydrogen) atoms. The first kappa shape index (κ1) is 19.8. The summed E-state index contributed by atoms with van der Waals surface area (Å²) >= 11 is 0. The minimum Gasteiger partial charge on any atom is -0.376 e. The van der Waals surface area contributed by atoms with Gasteiger partial charge in [0.05, 0.1) is 40.5 Å². The number of rotatable bonds is 6. The number of carbonyl (C=O) groups is 2. The predicted molar refractivity (Wildman–Crippen MR) is 114 cm³/mol. The second-order valence-corrected chi connectivity index (χ2v) is 7.24. The first-order valence-corrected chi connectivity index (χ1v) is 10.0. The lowest BCUT2D eigenvalue weighted by Gasteiger charge is -2.14. The summed E-state index contributed by atoms with van der Waals surface area (Å²) in [7, 11) is 0. The Morgan fingerprint density at radius 2 is 1.83 bits per heavy atom. The standard InChI is InChI=1S/C23H24N4O3/c1-16-20(15-25-27(16)17-8-3-2-4-9-17)23(29)26-21-12-6-5-11-19(21)22(28)24-14-18-10-7-13-30-18/h2-6,8-9,11-12,15,18H,7,10,13-14H2,1H3,(H,24,28)(H,26,29)/t18-/m1/s1. The summed E-state index contributed by atoms with van der Waals surface area (Å²) in [5, 5.41) is 10.1. The van der Waals surface area contributed by atoms with Crippen LogP contribution in [0.1, 0.15) is 39.3 Å². The average Bonchev–Trinajstić information content (AvgIpc) is 3.42. The molecule has 3 aromatic rings. The molecule has 4 rings (SSSR count). The number of hydrogen-bond acceptors (Lipinski definition) is 4. The van der Waals surface area contributed by atoms with Crippen LogP contribution in [0, 0.1) is 6.92 Å². The molecular weight excluding hydrogens is 380 g/mol. The van der Waals surface area contributed by atoms with Gasteiger partial charge in [0.2, 0.25) is 0 Å². The Balaban J connectivity index is 1.49. The van der Waals surface area contributed by atoms with E-state index >= 15 is 0 Å². The summed E-state index contributed by atoms with van der Waals surface area (Å²) in [6, 6.07) is 16.6. The Labute approximate surface area is 175 Å². The molecule has 1 fully saturated rings. The molecule has 0 saturated carbocycles. The zero-order valence-corrected chi connectivity index (χ0v) is 16.8. The molecule has 0 unspecified atom stereocenters. The van der Waals surface area contributed by atoms with Crippen molar-refractivity contribution in [3.05, 3.63) is 77.6 Å². The normalized spacial score (nSPS) is 15.7. The summed E-state index contributed by atoms with van der Waals surface area (Å²) in [6.07, 6.45) is 3.56. The summed E-state index contributed by atoms with van der Waals surface area (Å²) in [5.74, 6) is -0.549. The van der Waals surface area contributed by atoms with Gasteiger partial charge in [-0.25, -0.2) is 4.68 Å².